The maximum atomic E-state index is 4.53. The number of hydrogen-bond donors (Lipinski definition) is 1. The van der Waals surface area contributed by atoms with E-state index in [0.717, 1.165) is 57.1 Å². The van der Waals surface area contributed by atoms with Gasteiger partial charge in [-0.15, -0.1) is 11.3 Å². The Hall–Kier alpha value is -2.19. The number of nitrogens with one attached hydrogen (secondary N) is 1. The van der Waals surface area contributed by atoms with E-state index in [9.17, 15) is 0 Å². The van der Waals surface area contributed by atoms with Gasteiger partial charge in [-0.2, -0.15) is 0 Å². The lowest BCUT2D eigenvalue weighted by Gasteiger charge is -2.37. The largest absolute Gasteiger partial charge is 0.356 e. The third-order valence-electron chi connectivity index (χ3n) is 5.84. The Balaban J connectivity index is 1.18. The molecule has 0 atom stereocenters. The molecule has 8 heteroatoms. The lowest BCUT2D eigenvalue weighted by atomic mass is 9.97. The van der Waals surface area contributed by atoms with Crippen LogP contribution in [0, 0.1) is 5.92 Å². The monoisotopic (exact) mass is 413 g/mol. The molecule has 0 amide bonds. The van der Waals surface area contributed by atoms with Gasteiger partial charge < -0.3 is 15.1 Å². The summed E-state index contributed by atoms with van der Waals surface area (Å²) in [6, 6.07) is 6.25. The standard InChI is InChI=1S/C21H31N7S/c1-22-20(27-11-13-28(14-12-27)21-23-7-3-8-24-21)25-16-18-5-9-26(10-6-18)17-19-4-2-15-29-19/h2-4,7-8,15,18H,5-6,9-14,16-17H2,1H3,(H,22,25). The molecule has 4 rings (SSSR count). The van der Waals surface area contributed by atoms with Gasteiger partial charge in [-0.1, -0.05) is 6.07 Å². The molecule has 0 aromatic carbocycles. The number of thiophene rings is 1. The van der Waals surface area contributed by atoms with Crippen molar-refractivity contribution in [2.75, 3.05) is 57.8 Å². The summed E-state index contributed by atoms with van der Waals surface area (Å²) in [6.07, 6.45) is 6.13. The summed E-state index contributed by atoms with van der Waals surface area (Å²) in [7, 11) is 1.89. The van der Waals surface area contributed by atoms with E-state index in [1.165, 1.54) is 30.8 Å². The first-order valence-electron chi connectivity index (χ1n) is 10.5. The number of likely N-dealkylation sites (tertiary alicyclic amines) is 1. The summed E-state index contributed by atoms with van der Waals surface area (Å²) in [4.78, 5) is 21.9. The number of rotatable bonds is 5. The number of guanidine groups is 1. The highest BCUT2D eigenvalue weighted by Crippen LogP contribution is 2.20. The molecule has 2 aromatic heterocycles. The highest BCUT2D eigenvalue weighted by molar-refractivity contribution is 7.09. The van der Waals surface area contributed by atoms with Gasteiger partial charge in [0.15, 0.2) is 5.96 Å². The zero-order valence-electron chi connectivity index (χ0n) is 17.2. The lowest BCUT2D eigenvalue weighted by molar-refractivity contribution is 0.178. The van der Waals surface area contributed by atoms with E-state index in [1.54, 1.807) is 12.4 Å². The van der Waals surface area contributed by atoms with Crippen LogP contribution in [0.25, 0.3) is 0 Å². The lowest BCUT2D eigenvalue weighted by Crippen LogP contribution is -2.53. The van der Waals surface area contributed by atoms with Crippen LogP contribution in [0.2, 0.25) is 0 Å². The summed E-state index contributed by atoms with van der Waals surface area (Å²) in [5.74, 6) is 2.58. The number of aromatic nitrogens is 2. The van der Waals surface area contributed by atoms with Crippen molar-refractivity contribution in [1.82, 2.24) is 25.1 Å². The third-order valence-corrected chi connectivity index (χ3v) is 6.70. The average molecular weight is 414 g/mol. The number of anilines is 1. The summed E-state index contributed by atoms with van der Waals surface area (Å²) in [5, 5.41) is 5.80. The van der Waals surface area contributed by atoms with Crippen molar-refractivity contribution >= 4 is 23.2 Å². The first-order chi connectivity index (χ1) is 14.3. The minimum absolute atomic E-state index is 0.727. The molecule has 0 saturated carbocycles. The van der Waals surface area contributed by atoms with Gasteiger partial charge in [-0.3, -0.25) is 9.89 Å². The van der Waals surface area contributed by atoms with Crippen LogP contribution in [0.3, 0.4) is 0 Å². The van der Waals surface area contributed by atoms with Gasteiger partial charge in [0.25, 0.3) is 0 Å². The second kappa shape index (κ2) is 10.0. The second-order valence-electron chi connectivity index (χ2n) is 7.75. The topological polar surface area (TPSA) is 59.9 Å². The molecule has 156 valence electrons. The molecule has 0 radical (unpaired) electrons. The van der Waals surface area contributed by atoms with E-state index in [4.69, 9.17) is 0 Å². The van der Waals surface area contributed by atoms with E-state index >= 15 is 0 Å². The molecular formula is C21H31N7S. The molecule has 2 aliphatic heterocycles. The Morgan fingerprint density at radius 3 is 2.52 bits per heavy atom. The van der Waals surface area contributed by atoms with E-state index in [0.29, 0.717) is 0 Å². The molecule has 0 unspecified atom stereocenters. The van der Waals surface area contributed by atoms with Crippen molar-refractivity contribution in [2.45, 2.75) is 19.4 Å². The summed E-state index contributed by atoms with van der Waals surface area (Å²) in [5.41, 5.74) is 0. The van der Waals surface area contributed by atoms with Crippen molar-refractivity contribution < 1.29 is 0 Å². The Morgan fingerprint density at radius 2 is 1.86 bits per heavy atom. The third kappa shape index (κ3) is 5.45. The van der Waals surface area contributed by atoms with Crippen molar-refractivity contribution in [3.8, 4) is 0 Å². The molecule has 2 fully saturated rings. The van der Waals surface area contributed by atoms with Gasteiger partial charge in [0.2, 0.25) is 5.95 Å². The number of nitrogens with zero attached hydrogens (tertiary/aromatic N) is 6. The molecule has 2 saturated heterocycles. The summed E-state index contributed by atoms with van der Waals surface area (Å²) >= 11 is 1.86. The number of aliphatic imine (C=N–C) groups is 1. The van der Waals surface area contributed by atoms with Crippen LogP contribution in [-0.2, 0) is 6.54 Å². The fraction of sp³-hybridized carbons (Fsp3) is 0.571. The fourth-order valence-electron chi connectivity index (χ4n) is 4.11. The van der Waals surface area contributed by atoms with Crippen LogP contribution in [0.1, 0.15) is 17.7 Å². The van der Waals surface area contributed by atoms with Crippen LogP contribution in [0.15, 0.2) is 41.0 Å². The Labute approximate surface area is 177 Å². The molecule has 4 heterocycles. The first-order valence-corrected chi connectivity index (χ1v) is 11.4. The van der Waals surface area contributed by atoms with Gasteiger partial charge in [0.1, 0.15) is 0 Å². The minimum atomic E-state index is 0.727. The second-order valence-corrected chi connectivity index (χ2v) is 8.78. The van der Waals surface area contributed by atoms with E-state index < -0.39 is 0 Å². The van der Waals surface area contributed by atoms with E-state index in [2.05, 4.69) is 52.5 Å². The number of hydrogen-bond acceptors (Lipinski definition) is 6. The van der Waals surface area contributed by atoms with Crippen molar-refractivity contribution in [2.24, 2.45) is 10.9 Å². The summed E-state index contributed by atoms with van der Waals surface area (Å²) in [6.45, 7) is 8.24. The van der Waals surface area contributed by atoms with Crippen LogP contribution in [0.5, 0.6) is 0 Å². The van der Waals surface area contributed by atoms with Crippen LogP contribution in [0.4, 0.5) is 5.95 Å². The van der Waals surface area contributed by atoms with Crippen molar-refractivity contribution in [3.63, 3.8) is 0 Å². The smallest absolute Gasteiger partial charge is 0.225 e. The normalized spacial score (nSPS) is 19.6. The zero-order chi connectivity index (χ0) is 19.9. The first kappa shape index (κ1) is 20.1. The molecular weight excluding hydrogens is 382 g/mol. The Morgan fingerprint density at radius 1 is 1.10 bits per heavy atom. The zero-order valence-corrected chi connectivity index (χ0v) is 18.0. The number of piperidine rings is 1. The van der Waals surface area contributed by atoms with Gasteiger partial charge in [-0.25, -0.2) is 9.97 Å². The predicted octanol–water partition coefficient (Wildman–Crippen LogP) is 2.15. The van der Waals surface area contributed by atoms with Gasteiger partial charge in [-0.05, 0) is 49.4 Å². The van der Waals surface area contributed by atoms with Gasteiger partial charge in [0.05, 0.1) is 0 Å². The van der Waals surface area contributed by atoms with Crippen molar-refractivity contribution in [3.05, 3.63) is 40.8 Å². The van der Waals surface area contributed by atoms with Crippen LogP contribution >= 0.6 is 11.3 Å². The van der Waals surface area contributed by atoms with Crippen molar-refractivity contribution in [1.29, 1.82) is 0 Å². The highest BCUT2D eigenvalue weighted by Gasteiger charge is 2.23. The Kier molecular flexibility index (Phi) is 6.95. The highest BCUT2D eigenvalue weighted by atomic mass is 32.1. The van der Waals surface area contributed by atoms with Gasteiger partial charge >= 0.3 is 0 Å². The van der Waals surface area contributed by atoms with E-state index in [-0.39, 0.29) is 0 Å². The molecule has 2 aromatic rings. The maximum Gasteiger partial charge on any atom is 0.225 e. The SMILES string of the molecule is CN=C(NCC1CCN(Cc2cccs2)CC1)N1CCN(c2ncccn2)CC1. The van der Waals surface area contributed by atoms with Gasteiger partial charge in [0, 0.05) is 63.6 Å². The molecule has 0 spiro atoms. The fourth-order valence-corrected chi connectivity index (χ4v) is 4.86. The Bertz CT molecular complexity index is 749. The molecule has 2 aliphatic rings. The molecule has 1 N–H and O–H groups in total. The number of piperazine rings is 1. The quantitative estimate of drug-likeness (QED) is 0.599. The van der Waals surface area contributed by atoms with Crippen LogP contribution in [-0.4, -0.2) is 78.6 Å². The van der Waals surface area contributed by atoms with E-state index in [1.807, 2.05) is 24.5 Å². The average Bonchev–Trinajstić information content (AvgIpc) is 3.29. The molecule has 0 aliphatic carbocycles. The minimum Gasteiger partial charge on any atom is -0.356 e. The molecule has 0 bridgehead atoms. The maximum absolute atomic E-state index is 4.53. The predicted molar refractivity (Wildman–Crippen MR) is 119 cm³/mol. The molecule has 29 heavy (non-hydrogen) atoms. The van der Waals surface area contributed by atoms with Crippen LogP contribution < -0.4 is 10.2 Å². The summed E-state index contributed by atoms with van der Waals surface area (Å²) < 4.78 is 0. The molecule has 7 nitrogen and oxygen atoms in total.